The van der Waals surface area contributed by atoms with Gasteiger partial charge in [-0.1, -0.05) is 19.9 Å². The number of ether oxygens (including phenoxy) is 2. The smallest absolute Gasteiger partial charge is 0.226 e. The molecule has 1 heterocycles. The lowest BCUT2D eigenvalue weighted by molar-refractivity contribution is -0.125. The summed E-state index contributed by atoms with van der Waals surface area (Å²) >= 11 is 0. The maximum atomic E-state index is 12.4. The lowest BCUT2D eigenvalue weighted by atomic mass is 9.93. The molecule has 1 saturated heterocycles. The Labute approximate surface area is 131 Å². The van der Waals surface area contributed by atoms with E-state index >= 15 is 0 Å². The highest BCUT2D eigenvalue weighted by molar-refractivity contribution is 5.80. The van der Waals surface area contributed by atoms with Crippen LogP contribution in [0.4, 0.5) is 0 Å². The Bertz CT molecular complexity index is 519. The number of hydrogen-bond donors (Lipinski definition) is 3. The van der Waals surface area contributed by atoms with Crippen molar-refractivity contribution >= 4 is 5.91 Å². The van der Waals surface area contributed by atoms with Crippen molar-refractivity contribution < 1.29 is 14.3 Å². The lowest BCUT2D eigenvalue weighted by Gasteiger charge is -2.20. The van der Waals surface area contributed by atoms with Crippen molar-refractivity contribution in [3.05, 3.63) is 23.8 Å². The number of carbonyl (C=O) groups excluding carboxylic acids is 1. The number of hydrazine groups is 1. The summed E-state index contributed by atoms with van der Waals surface area (Å²) in [5.74, 6) is 1.68. The van der Waals surface area contributed by atoms with Gasteiger partial charge in [0.2, 0.25) is 5.91 Å². The first-order valence-electron chi connectivity index (χ1n) is 7.54. The lowest BCUT2D eigenvalue weighted by Crippen LogP contribution is -2.36. The maximum absolute atomic E-state index is 12.4. The van der Waals surface area contributed by atoms with E-state index in [1.165, 1.54) is 0 Å². The van der Waals surface area contributed by atoms with E-state index in [9.17, 15) is 4.79 Å². The van der Waals surface area contributed by atoms with Crippen molar-refractivity contribution in [3.63, 3.8) is 0 Å². The fourth-order valence-electron chi connectivity index (χ4n) is 2.54. The minimum Gasteiger partial charge on any atom is -0.493 e. The van der Waals surface area contributed by atoms with E-state index in [1.807, 2.05) is 18.2 Å². The van der Waals surface area contributed by atoms with E-state index < -0.39 is 0 Å². The van der Waals surface area contributed by atoms with Gasteiger partial charge in [0.1, 0.15) is 0 Å². The Morgan fingerprint density at radius 2 is 2.05 bits per heavy atom. The number of methoxy groups -OCH3 is 2. The zero-order chi connectivity index (χ0) is 16.1. The average molecular weight is 307 g/mol. The first kappa shape index (κ1) is 16.6. The van der Waals surface area contributed by atoms with Gasteiger partial charge in [0.05, 0.1) is 26.2 Å². The molecular weight excluding hydrogens is 282 g/mol. The Morgan fingerprint density at radius 3 is 2.68 bits per heavy atom. The van der Waals surface area contributed by atoms with Gasteiger partial charge in [0, 0.05) is 13.1 Å². The van der Waals surface area contributed by atoms with E-state index in [1.54, 1.807) is 14.2 Å². The van der Waals surface area contributed by atoms with Crippen LogP contribution in [0.1, 0.15) is 25.5 Å². The van der Waals surface area contributed by atoms with Crippen molar-refractivity contribution in [1.29, 1.82) is 0 Å². The van der Waals surface area contributed by atoms with Crippen LogP contribution in [0, 0.1) is 11.8 Å². The van der Waals surface area contributed by atoms with Crippen LogP contribution in [-0.4, -0.2) is 33.2 Å². The highest BCUT2D eigenvalue weighted by Crippen LogP contribution is 2.33. The molecule has 1 aliphatic rings. The molecule has 1 aromatic rings. The van der Waals surface area contributed by atoms with Crippen molar-refractivity contribution in [2.45, 2.75) is 19.9 Å². The molecule has 2 atom stereocenters. The number of benzene rings is 1. The molecule has 6 heteroatoms. The fraction of sp³-hybridized carbons (Fsp3) is 0.562. The van der Waals surface area contributed by atoms with Gasteiger partial charge in [-0.15, -0.1) is 0 Å². The summed E-state index contributed by atoms with van der Waals surface area (Å²) in [4.78, 5) is 12.4. The highest BCUT2D eigenvalue weighted by Gasteiger charge is 2.34. The van der Waals surface area contributed by atoms with Crippen LogP contribution in [0.5, 0.6) is 11.5 Å². The summed E-state index contributed by atoms with van der Waals surface area (Å²) in [5, 5.41) is 3.00. The van der Waals surface area contributed by atoms with Crippen LogP contribution in [-0.2, 0) is 4.79 Å². The van der Waals surface area contributed by atoms with E-state index in [4.69, 9.17) is 9.47 Å². The van der Waals surface area contributed by atoms with Crippen molar-refractivity contribution in [2.24, 2.45) is 11.8 Å². The number of hydrogen-bond acceptors (Lipinski definition) is 5. The molecule has 1 aliphatic heterocycles. The summed E-state index contributed by atoms with van der Waals surface area (Å²) in [6.45, 7) is 5.45. The van der Waals surface area contributed by atoms with Gasteiger partial charge >= 0.3 is 0 Å². The van der Waals surface area contributed by atoms with Gasteiger partial charge in [-0.2, -0.15) is 0 Å². The topological polar surface area (TPSA) is 71.6 Å². The summed E-state index contributed by atoms with van der Waals surface area (Å²) in [6.07, 6.45) is 0. The fourth-order valence-corrected chi connectivity index (χ4v) is 2.54. The van der Waals surface area contributed by atoms with Gasteiger partial charge in [-0.3, -0.25) is 10.2 Å². The minimum absolute atomic E-state index is 0.0611. The predicted octanol–water partition coefficient (Wildman–Crippen LogP) is 1.24. The average Bonchev–Trinajstić information content (AvgIpc) is 3.01. The van der Waals surface area contributed by atoms with Crippen molar-refractivity contribution in [2.75, 3.05) is 27.3 Å². The van der Waals surface area contributed by atoms with Crippen LogP contribution < -0.4 is 25.6 Å². The number of rotatable bonds is 6. The normalized spacial score (nSPS) is 21.0. The van der Waals surface area contributed by atoms with Gasteiger partial charge in [0.25, 0.3) is 0 Å². The third-order valence-electron chi connectivity index (χ3n) is 3.77. The number of nitrogens with one attached hydrogen (secondary N) is 3. The summed E-state index contributed by atoms with van der Waals surface area (Å²) in [6, 6.07) is 5.63. The summed E-state index contributed by atoms with van der Waals surface area (Å²) < 4.78 is 10.6. The molecule has 0 radical (unpaired) electrons. The quantitative estimate of drug-likeness (QED) is 0.737. The molecule has 1 aromatic carbocycles. The third kappa shape index (κ3) is 3.69. The first-order valence-corrected chi connectivity index (χ1v) is 7.54. The predicted molar refractivity (Wildman–Crippen MR) is 84.8 cm³/mol. The molecule has 1 amide bonds. The minimum atomic E-state index is -0.156. The Balaban J connectivity index is 2.14. The standard InChI is InChI=1S/C16H25N3O3/c1-10(2)8-17-16(20)12-9-18-19-15(12)11-5-6-13(21-3)14(7-11)22-4/h5-7,10,12,15,18-19H,8-9H2,1-4H3,(H,17,20). The van der Waals surface area contributed by atoms with Crippen molar-refractivity contribution in [3.8, 4) is 11.5 Å². The van der Waals surface area contributed by atoms with Crippen LogP contribution in [0.25, 0.3) is 0 Å². The monoisotopic (exact) mass is 307 g/mol. The Morgan fingerprint density at radius 1 is 1.32 bits per heavy atom. The van der Waals surface area contributed by atoms with E-state index in [0.29, 0.717) is 30.5 Å². The molecule has 0 aliphatic carbocycles. The maximum Gasteiger partial charge on any atom is 0.226 e. The van der Waals surface area contributed by atoms with E-state index in [-0.39, 0.29) is 17.9 Å². The van der Waals surface area contributed by atoms with E-state index in [2.05, 4.69) is 30.0 Å². The van der Waals surface area contributed by atoms with Crippen molar-refractivity contribution in [1.82, 2.24) is 16.2 Å². The molecule has 2 unspecified atom stereocenters. The van der Waals surface area contributed by atoms with E-state index in [0.717, 1.165) is 5.56 Å². The molecule has 2 rings (SSSR count). The van der Waals surface area contributed by atoms with Crippen LogP contribution in [0.2, 0.25) is 0 Å². The van der Waals surface area contributed by atoms with Crippen LogP contribution >= 0.6 is 0 Å². The Kier molecular flexibility index (Phi) is 5.63. The Hall–Kier alpha value is -1.79. The zero-order valence-electron chi connectivity index (χ0n) is 13.6. The molecule has 0 spiro atoms. The molecule has 22 heavy (non-hydrogen) atoms. The zero-order valence-corrected chi connectivity index (χ0v) is 13.6. The first-order chi connectivity index (χ1) is 10.6. The molecule has 3 N–H and O–H groups in total. The third-order valence-corrected chi connectivity index (χ3v) is 3.77. The van der Waals surface area contributed by atoms with Crippen LogP contribution in [0.15, 0.2) is 18.2 Å². The number of carbonyl (C=O) groups is 1. The SMILES string of the molecule is COc1ccc(C2NNCC2C(=O)NCC(C)C)cc1OC. The second-order valence-electron chi connectivity index (χ2n) is 5.86. The largest absolute Gasteiger partial charge is 0.493 e. The summed E-state index contributed by atoms with van der Waals surface area (Å²) in [5.41, 5.74) is 7.24. The second kappa shape index (κ2) is 7.47. The van der Waals surface area contributed by atoms with Gasteiger partial charge in [0.15, 0.2) is 11.5 Å². The van der Waals surface area contributed by atoms with Gasteiger partial charge in [-0.25, -0.2) is 5.43 Å². The molecule has 0 bridgehead atoms. The van der Waals surface area contributed by atoms with Gasteiger partial charge < -0.3 is 14.8 Å². The molecular formula is C16H25N3O3. The number of amides is 1. The second-order valence-corrected chi connectivity index (χ2v) is 5.86. The molecule has 6 nitrogen and oxygen atoms in total. The molecule has 0 aromatic heterocycles. The molecule has 1 fully saturated rings. The molecule has 122 valence electrons. The van der Waals surface area contributed by atoms with Gasteiger partial charge in [-0.05, 0) is 23.6 Å². The highest BCUT2D eigenvalue weighted by atomic mass is 16.5. The molecule has 0 saturated carbocycles. The summed E-state index contributed by atoms with van der Waals surface area (Å²) in [7, 11) is 3.21. The van der Waals surface area contributed by atoms with Crippen LogP contribution in [0.3, 0.4) is 0 Å².